The molecule has 2 rings (SSSR count). The minimum absolute atomic E-state index is 0.0991. The molecule has 1 atom stereocenters. The first kappa shape index (κ1) is 15.8. The summed E-state index contributed by atoms with van der Waals surface area (Å²) in [6.45, 7) is 6.56. The number of nitrogen functional groups attached to an aromatic ring is 1. The molecule has 1 heterocycles. The van der Waals surface area contributed by atoms with Crippen LogP contribution in [0.5, 0.6) is 0 Å². The molecule has 1 aliphatic rings. The molecule has 6 heteroatoms. The first-order chi connectivity index (χ1) is 10.2. The van der Waals surface area contributed by atoms with Crippen LogP contribution in [0.2, 0.25) is 0 Å². The van der Waals surface area contributed by atoms with Crippen LogP contribution in [0.4, 0.5) is 10.9 Å². The third kappa shape index (κ3) is 3.97. The Morgan fingerprint density at radius 1 is 1.48 bits per heavy atom. The smallest absolute Gasteiger partial charge is 0.265 e. The number of rotatable bonds is 6. The minimum atomic E-state index is -0.0991. The van der Waals surface area contributed by atoms with Gasteiger partial charge in [-0.1, -0.05) is 23.5 Å². The van der Waals surface area contributed by atoms with Gasteiger partial charge >= 0.3 is 0 Å². The van der Waals surface area contributed by atoms with Gasteiger partial charge in [0.1, 0.15) is 10.7 Å². The summed E-state index contributed by atoms with van der Waals surface area (Å²) in [5.74, 6) is 0.774. The Morgan fingerprint density at radius 2 is 2.24 bits per heavy atom. The second-order valence-electron chi connectivity index (χ2n) is 5.24. The maximum atomic E-state index is 12.3. The molecule has 0 spiro atoms. The van der Waals surface area contributed by atoms with Crippen molar-refractivity contribution < 1.29 is 4.79 Å². The van der Waals surface area contributed by atoms with Crippen LogP contribution in [0.1, 0.15) is 42.8 Å². The van der Waals surface area contributed by atoms with Crippen LogP contribution in [0.25, 0.3) is 0 Å². The fraction of sp³-hybridized carbons (Fsp3) is 0.600. The summed E-state index contributed by atoms with van der Waals surface area (Å²) < 4.78 is 0. The van der Waals surface area contributed by atoms with Gasteiger partial charge in [0.05, 0.1) is 0 Å². The number of hydrogen-bond acceptors (Lipinski definition) is 5. The molecule has 0 fully saturated rings. The quantitative estimate of drug-likeness (QED) is 0.793. The Labute approximate surface area is 130 Å². The molecule has 0 aromatic carbocycles. The van der Waals surface area contributed by atoms with Gasteiger partial charge in [0, 0.05) is 19.6 Å². The van der Waals surface area contributed by atoms with Crippen molar-refractivity contribution in [2.75, 3.05) is 30.3 Å². The van der Waals surface area contributed by atoms with Gasteiger partial charge in [0.2, 0.25) is 0 Å². The molecule has 1 unspecified atom stereocenters. The van der Waals surface area contributed by atoms with Gasteiger partial charge in [-0.05, 0) is 39.0 Å². The van der Waals surface area contributed by atoms with E-state index in [2.05, 4.69) is 41.2 Å². The molecule has 0 saturated heterocycles. The molecule has 1 amide bonds. The van der Waals surface area contributed by atoms with E-state index in [4.69, 9.17) is 5.73 Å². The van der Waals surface area contributed by atoms with Gasteiger partial charge in [0.15, 0.2) is 5.13 Å². The maximum Gasteiger partial charge on any atom is 0.265 e. The largest absolute Gasteiger partial charge is 0.382 e. The SMILES string of the molecule is CCN(CC)c1nc(N)c(C(=O)NCC2CC=CCC2)s1. The van der Waals surface area contributed by atoms with Crippen LogP contribution in [0.3, 0.4) is 0 Å². The van der Waals surface area contributed by atoms with Crippen LogP contribution in [0, 0.1) is 5.92 Å². The molecule has 1 aliphatic carbocycles. The van der Waals surface area contributed by atoms with Gasteiger partial charge in [-0.15, -0.1) is 0 Å². The predicted octanol–water partition coefficient (Wildman–Crippen LogP) is 2.66. The first-order valence-corrected chi connectivity index (χ1v) is 8.41. The lowest BCUT2D eigenvalue weighted by Gasteiger charge is -2.17. The number of aromatic nitrogens is 1. The van der Waals surface area contributed by atoms with E-state index in [0.29, 0.717) is 23.2 Å². The second kappa shape index (κ2) is 7.45. The number of nitrogens with two attached hydrogens (primary N) is 1. The average Bonchev–Trinajstić information content (AvgIpc) is 2.89. The zero-order chi connectivity index (χ0) is 15.2. The molecule has 21 heavy (non-hydrogen) atoms. The van der Waals surface area contributed by atoms with E-state index in [1.54, 1.807) is 0 Å². The number of nitrogens with one attached hydrogen (secondary N) is 1. The van der Waals surface area contributed by atoms with Gasteiger partial charge in [-0.25, -0.2) is 4.98 Å². The molecule has 1 aromatic rings. The van der Waals surface area contributed by atoms with Crippen LogP contribution < -0.4 is 16.0 Å². The summed E-state index contributed by atoms with van der Waals surface area (Å²) in [5, 5.41) is 3.82. The van der Waals surface area contributed by atoms with Gasteiger partial charge in [-0.3, -0.25) is 4.79 Å². The Kier molecular flexibility index (Phi) is 5.61. The monoisotopic (exact) mass is 308 g/mol. The number of hydrogen-bond donors (Lipinski definition) is 2. The molecular weight excluding hydrogens is 284 g/mol. The number of carbonyl (C=O) groups excluding carboxylic acids is 1. The molecule has 0 radical (unpaired) electrons. The minimum Gasteiger partial charge on any atom is -0.382 e. The molecule has 0 saturated carbocycles. The predicted molar refractivity (Wildman–Crippen MR) is 88.9 cm³/mol. The third-order valence-corrected chi connectivity index (χ3v) is 4.94. The van der Waals surface area contributed by atoms with Crippen molar-refractivity contribution in [3.63, 3.8) is 0 Å². The summed E-state index contributed by atoms with van der Waals surface area (Å²) in [4.78, 5) is 19.2. The summed E-state index contributed by atoms with van der Waals surface area (Å²) in [5.41, 5.74) is 5.90. The standard InChI is InChI=1S/C15H24N4OS/c1-3-19(4-2)15-18-13(16)12(21-15)14(20)17-10-11-8-6-5-7-9-11/h5-6,11H,3-4,7-10,16H2,1-2H3,(H,17,20). The van der Waals surface area contributed by atoms with Crippen LogP contribution in [-0.2, 0) is 0 Å². The van der Waals surface area contributed by atoms with E-state index in [-0.39, 0.29) is 5.91 Å². The highest BCUT2D eigenvalue weighted by atomic mass is 32.1. The molecule has 5 nitrogen and oxygen atoms in total. The zero-order valence-electron chi connectivity index (χ0n) is 12.8. The number of amides is 1. The fourth-order valence-electron chi connectivity index (χ4n) is 2.47. The summed E-state index contributed by atoms with van der Waals surface area (Å²) in [7, 11) is 0. The summed E-state index contributed by atoms with van der Waals surface area (Å²) in [6.07, 6.45) is 7.69. The lowest BCUT2D eigenvalue weighted by Crippen LogP contribution is -2.29. The van der Waals surface area contributed by atoms with E-state index < -0.39 is 0 Å². The first-order valence-electron chi connectivity index (χ1n) is 7.60. The molecule has 0 bridgehead atoms. The van der Waals surface area contributed by atoms with E-state index in [1.165, 1.54) is 11.3 Å². The average molecular weight is 308 g/mol. The molecule has 1 aromatic heterocycles. The van der Waals surface area contributed by atoms with E-state index in [9.17, 15) is 4.79 Å². The highest BCUT2D eigenvalue weighted by Crippen LogP contribution is 2.28. The van der Waals surface area contributed by atoms with Gasteiger partial charge in [-0.2, -0.15) is 0 Å². The highest BCUT2D eigenvalue weighted by Gasteiger charge is 2.19. The lowest BCUT2D eigenvalue weighted by atomic mass is 9.94. The van der Waals surface area contributed by atoms with Crippen molar-refractivity contribution in [1.29, 1.82) is 0 Å². The van der Waals surface area contributed by atoms with Crippen molar-refractivity contribution in [1.82, 2.24) is 10.3 Å². The number of thiazole rings is 1. The summed E-state index contributed by atoms with van der Waals surface area (Å²) >= 11 is 1.38. The van der Waals surface area contributed by atoms with Crippen molar-refractivity contribution >= 4 is 28.2 Å². The Bertz CT molecular complexity index is 508. The molecule has 3 N–H and O–H groups in total. The second-order valence-corrected chi connectivity index (χ2v) is 6.22. The topological polar surface area (TPSA) is 71.2 Å². The number of nitrogens with zero attached hydrogens (tertiary/aromatic N) is 2. The van der Waals surface area contributed by atoms with Gasteiger partial charge in [0.25, 0.3) is 5.91 Å². The Balaban J connectivity index is 1.97. The number of anilines is 2. The molecule has 0 aliphatic heterocycles. The summed E-state index contributed by atoms with van der Waals surface area (Å²) in [6, 6.07) is 0. The number of carbonyl (C=O) groups is 1. The third-order valence-electron chi connectivity index (χ3n) is 3.81. The maximum absolute atomic E-state index is 12.3. The number of allylic oxidation sites excluding steroid dienone is 2. The Hall–Kier alpha value is -1.56. The fourth-order valence-corrected chi connectivity index (χ4v) is 3.50. The van der Waals surface area contributed by atoms with Crippen molar-refractivity contribution in [2.45, 2.75) is 33.1 Å². The Morgan fingerprint density at radius 3 is 2.86 bits per heavy atom. The highest BCUT2D eigenvalue weighted by molar-refractivity contribution is 7.18. The lowest BCUT2D eigenvalue weighted by molar-refractivity contribution is 0.0951. The zero-order valence-corrected chi connectivity index (χ0v) is 13.6. The van der Waals surface area contributed by atoms with Crippen LogP contribution >= 0.6 is 11.3 Å². The van der Waals surface area contributed by atoms with Crippen LogP contribution in [-0.4, -0.2) is 30.5 Å². The molecule has 116 valence electrons. The van der Waals surface area contributed by atoms with Crippen molar-refractivity contribution in [2.24, 2.45) is 5.92 Å². The molecular formula is C15H24N4OS. The normalized spacial score (nSPS) is 17.7. The van der Waals surface area contributed by atoms with E-state index in [1.807, 2.05) is 0 Å². The van der Waals surface area contributed by atoms with Crippen molar-refractivity contribution in [3.8, 4) is 0 Å². The van der Waals surface area contributed by atoms with E-state index in [0.717, 1.165) is 37.5 Å². The van der Waals surface area contributed by atoms with Crippen molar-refractivity contribution in [3.05, 3.63) is 17.0 Å². The van der Waals surface area contributed by atoms with E-state index >= 15 is 0 Å². The van der Waals surface area contributed by atoms with Crippen LogP contribution in [0.15, 0.2) is 12.2 Å². The van der Waals surface area contributed by atoms with Gasteiger partial charge < -0.3 is 16.0 Å².